The van der Waals surface area contributed by atoms with Crippen molar-refractivity contribution in [1.29, 1.82) is 0 Å². The monoisotopic (exact) mass is 231 g/mol. The Bertz CT molecular complexity index is 531. The van der Waals surface area contributed by atoms with Gasteiger partial charge in [0.15, 0.2) is 0 Å². The number of hydrogen-bond acceptors (Lipinski definition) is 3. The van der Waals surface area contributed by atoms with Gasteiger partial charge in [-0.1, -0.05) is 6.07 Å². The molecule has 1 heterocycles. The molecule has 1 aromatic carbocycles. The lowest BCUT2D eigenvalue weighted by Gasteiger charge is -2.06. The number of rotatable bonds is 3. The minimum Gasteiger partial charge on any atom is -0.496 e. The fourth-order valence-electron chi connectivity index (χ4n) is 1.84. The van der Waals surface area contributed by atoms with Crippen LogP contribution in [-0.4, -0.2) is 23.9 Å². The van der Waals surface area contributed by atoms with Crippen LogP contribution in [0.5, 0.6) is 5.75 Å². The zero-order chi connectivity index (χ0) is 12.4. The standard InChI is InChI=1S/C13H17N3O/c1-9-5-6-10(12(7-9)17-4)11-8-13(14-2)16(3)15-11/h5-8,14H,1-4H3. The minimum atomic E-state index is 0.853. The SMILES string of the molecule is CNc1cc(-c2ccc(C)cc2OC)nn1C. The number of hydrogen-bond donors (Lipinski definition) is 1. The zero-order valence-electron chi connectivity index (χ0n) is 10.6. The van der Waals surface area contributed by atoms with Crippen LogP contribution in [0.25, 0.3) is 11.3 Å². The van der Waals surface area contributed by atoms with Gasteiger partial charge in [0.05, 0.1) is 12.8 Å². The minimum absolute atomic E-state index is 0.853. The van der Waals surface area contributed by atoms with Gasteiger partial charge < -0.3 is 10.1 Å². The van der Waals surface area contributed by atoms with Crippen LogP contribution in [0.2, 0.25) is 0 Å². The molecule has 1 N–H and O–H groups in total. The molecule has 0 saturated carbocycles. The van der Waals surface area contributed by atoms with E-state index in [0.717, 1.165) is 22.8 Å². The maximum Gasteiger partial charge on any atom is 0.128 e. The second-order valence-electron chi connectivity index (χ2n) is 3.99. The van der Waals surface area contributed by atoms with Crippen molar-refractivity contribution < 1.29 is 4.74 Å². The van der Waals surface area contributed by atoms with Gasteiger partial charge in [0.25, 0.3) is 0 Å². The van der Waals surface area contributed by atoms with E-state index in [-0.39, 0.29) is 0 Å². The van der Waals surface area contributed by atoms with Crippen molar-refractivity contribution >= 4 is 5.82 Å². The van der Waals surface area contributed by atoms with Gasteiger partial charge in [-0.3, -0.25) is 4.68 Å². The maximum atomic E-state index is 5.39. The summed E-state index contributed by atoms with van der Waals surface area (Å²) in [5, 5.41) is 7.56. The van der Waals surface area contributed by atoms with Gasteiger partial charge in [0, 0.05) is 25.7 Å². The second kappa shape index (κ2) is 4.49. The average molecular weight is 231 g/mol. The van der Waals surface area contributed by atoms with E-state index in [1.54, 1.807) is 7.11 Å². The van der Waals surface area contributed by atoms with E-state index in [1.807, 2.05) is 43.9 Å². The highest BCUT2D eigenvalue weighted by atomic mass is 16.5. The second-order valence-corrected chi connectivity index (χ2v) is 3.99. The fourth-order valence-corrected chi connectivity index (χ4v) is 1.84. The van der Waals surface area contributed by atoms with Crippen LogP contribution in [-0.2, 0) is 7.05 Å². The Kier molecular flexibility index (Phi) is 3.04. The molecule has 0 radical (unpaired) electrons. The maximum absolute atomic E-state index is 5.39. The quantitative estimate of drug-likeness (QED) is 0.881. The summed E-state index contributed by atoms with van der Waals surface area (Å²) in [7, 11) is 5.48. The number of nitrogens with one attached hydrogen (secondary N) is 1. The first-order valence-corrected chi connectivity index (χ1v) is 5.52. The van der Waals surface area contributed by atoms with Gasteiger partial charge in [-0.05, 0) is 24.6 Å². The molecule has 17 heavy (non-hydrogen) atoms. The number of aromatic nitrogens is 2. The van der Waals surface area contributed by atoms with Crippen molar-refractivity contribution in [2.24, 2.45) is 7.05 Å². The Morgan fingerprint density at radius 3 is 2.65 bits per heavy atom. The van der Waals surface area contributed by atoms with E-state index in [9.17, 15) is 0 Å². The van der Waals surface area contributed by atoms with E-state index in [2.05, 4.69) is 16.5 Å². The van der Waals surface area contributed by atoms with Crippen molar-refractivity contribution in [3.05, 3.63) is 29.8 Å². The molecular formula is C13H17N3O. The summed E-state index contributed by atoms with van der Waals surface area (Å²) in [6, 6.07) is 8.12. The normalized spacial score (nSPS) is 10.4. The lowest BCUT2D eigenvalue weighted by atomic mass is 10.1. The number of benzene rings is 1. The third-order valence-electron chi connectivity index (χ3n) is 2.77. The van der Waals surface area contributed by atoms with Gasteiger partial charge >= 0.3 is 0 Å². The van der Waals surface area contributed by atoms with E-state index in [1.165, 1.54) is 5.56 Å². The van der Waals surface area contributed by atoms with Crippen molar-refractivity contribution in [3.63, 3.8) is 0 Å². The molecule has 0 aliphatic heterocycles. The summed E-state index contributed by atoms with van der Waals surface area (Å²) >= 11 is 0. The Balaban J connectivity index is 2.51. The van der Waals surface area contributed by atoms with Crippen LogP contribution < -0.4 is 10.1 Å². The molecule has 0 aliphatic rings. The van der Waals surface area contributed by atoms with E-state index >= 15 is 0 Å². The Morgan fingerprint density at radius 2 is 2.06 bits per heavy atom. The molecule has 0 bridgehead atoms. The van der Waals surface area contributed by atoms with Crippen LogP contribution in [0, 0.1) is 6.92 Å². The first-order valence-electron chi connectivity index (χ1n) is 5.52. The van der Waals surface area contributed by atoms with Crippen LogP contribution in [0.15, 0.2) is 24.3 Å². The highest BCUT2D eigenvalue weighted by molar-refractivity contribution is 5.70. The third-order valence-corrected chi connectivity index (χ3v) is 2.77. The zero-order valence-corrected chi connectivity index (χ0v) is 10.6. The highest BCUT2D eigenvalue weighted by Gasteiger charge is 2.11. The Hall–Kier alpha value is -1.97. The van der Waals surface area contributed by atoms with Crippen LogP contribution in [0.4, 0.5) is 5.82 Å². The fraction of sp³-hybridized carbons (Fsp3) is 0.308. The number of anilines is 1. The van der Waals surface area contributed by atoms with Crippen LogP contribution >= 0.6 is 0 Å². The summed E-state index contributed by atoms with van der Waals surface area (Å²) in [6.45, 7) is 2.05. The summed E-state index contributed by atoms with van der Waals surface area (Å²) in [5.41, 5.74) is 3.10. The molecule has 90 valence electrons. The molecule has 4 heteroatoms. The summed E-state index contributed by atoms with van der Waals surface area (Å²) in [5.74, 6) is 1.83. The molecule has 0 saturated heterocycles. The van der Waals surface area contributed by atoms with Crippen LogP contribution in [0.1, 0.15) is 5.56 Å². The molecule has 0 unspecified atom stereocenters. The number of aryl methyl sites for hydroxylation is 2. The largest absolute Gasteiger partial charge is 0.496 e. The van der Waals surface area contributed by atoms with Gasteiger partial charge in [-0.2, -0.15) is 5.10 Å². The molecule has 0 spiro atoms. The van der Waals surface area contributed by atoms with Crippen molar-refractivity contribution in [3.8, 4) is 17.0 Å². The molecule has 0 amide bonds. The molecule has 0 fully saturated rings. The highest BCUT2D eigenvalue weighted by Crippen LogP contribution is 2.31. The molecular weight excluding hydrogens is 214 g/mol. The number of nitrogens with zero attached hydrogens (tertiary/aromatic N) is 2. The lowest BCUT2D eigenvalue weighted by Crippen LogP contribution is -1.97. The third kappa shape index (κ3) is 2.11. The Morgan fingerprint density at radius 1 is 1.29 bits per heavy atom. The van der Waals surface area contributed by atoms with E-state index < -0.39 is 0 Å². The number of ether oxygens (including phenoxy) is 1. The van der Waals surface area contributed by atoms with Gasteiger partial charge in [-0.25, -0.2) is 0 Å². The smallest absolute Gasteiger partial charge is 0.128 e. The summed E-state index contributed by atoms with van der Waals surface area (Å²) in [4.78, 5) is 0. The molecule has 4 nitrogen and oxygen atoms in total. The van der Waals surface area contributed by atoms with Gasteiger partial charge in [0.1, 0.15) is 11.6 Å². The summed E-state index contributed by atoms with van der Waals surface area (Å²) in [6.07, 6.45) is 0. The molecule has 2 rings (SSSR count). The van der Waals surface area contributed by atoms with E-state index in [0.29, 0.717) is 0 Å². The number of methoxy groups -OCH3 is 1. The predicted molar refractivity (Wildman–Crippen MR) is 69.5 cm³/mol. The molecule has 1 aromatic heterocycles. The first-order chi connectivity index (χ1) is 8.15. The molecule has 0 atom stereocenters. The van der Waals surface area contributed by atoms with Crippen molar-refractivity contribution in [1.82, 2.24) is 9.78 Å². The van der Waals surface area contributed by atoms with Crippen LogP contribution in [0.3, 0.4) is 0 Å². The molecule has 0 aliphatic carbocycles. The topological polar surface area (TPSA) is 39.1 Å². The average Bonchev–Trinajstić information content (AvgIpc) is 2.70. The molecule has 2 aromatic rings. The Labute approximate surface area is 101 Å². The first kappa shape index (κ1) is 11.5. The summed E-state index contributed by atoms with van der Waals surface area (Å²) < 4.78 is 7.21. The van der Waals surface area contributed by atoms with E-state index in [4.69, 9.17) is 4.74 Å². The van der Waals surface area contributed by atoms with Crippen molar-refractivity contribution in [2.45, 2.75) is 6.92 Å². The van der Waals surface area contributed by atoms with Gasteiger partial charge in [-0.15, -0.1) is 0 Å². The van der Waals surface area contributed by atoms with Crippen molar-refractivity contribution in [2.75, 3.05) is 19.5 Å². The van der Waals surface area contributed by atoms with Gasteiger partial charge in [0.2, 0.25) is 0 Å². The predicted octanol–water partition coefficient (Wildman–Crippen LogP) is 2.45. The lowest BCUT2D eigenvalue weighted by molar-refractivity contribution is 0.416.